The molecule has 1 aromatic heterocycles. The number of hydrogen-bond donors (Lipinski definition) is 3. The number of amidine groups is 1. The largest absolute Gasteiger partial charge is 0.418 e. The Hall–Kier alpha value is -3.30. The van der Waals surface area contributed by atoms with Crippen LogP contribution in [0.25, 0.3) is 0 Å². The number of likely N-dealkylation sites (tertiary alicyclic amines) is 1. The number of carbonyl (C=O) groups excluding carboxylic acids is 1. The molecule has 3 N–H and O–H groups in total. The summed E-state index contributed by atoms with van der Waals surface area (Å²) in [5.74, 6) is 1.30. The molecule has 0 aliphatic carbocycles. The Morgan fingerprint density at radius 1 is 1.19 bits per heavy atom. The third-order valence-corrected chi connectivity index (χ3v) is 5.35. The highest BCUT2D eigenvalue weighted by Crippen LogP contribution is 2.37. The van der Waals surface area contributed by atoms with Crippen LogP contribution in [0.3, 0.4) is 0 Å². The fraction of sp³-hybridized carbons (Fsp3) is 0.409. The van der Waals surface area contributed by atoms with Crippen LogP contribution in [0, 0.1) is 0 Å². The number of halogens is 3. The van der Waals surface area contributed by atoms with Crippen LogP contribution in [0.5, 0.6) is 0 Å². The van der Waals surface area contributed by atoms with Crippen LogP contribution < -0.4 is 16.0 Å². The summed E-state index contributed by atoms with van der Waals surface area (Å²) in [5, 5.41) is 9.20. The van der Waals surface area contributed by atoms with E-state index in [1.807, 2.05) is 26.8 Å². The zero-order chi connectivity index (χ0) is 23.1. The molecular weight excluding hydrogens is 421 g/mol. The van der Waals surface area contributed by atoms with Crippen LogP contribution >= 0.6 is 0 Å². The van der Waals surface area contributed by atoms with Crippen molar-refractivity contribution in [1.82, 2.24) is 9.88 Å². The molecule has 170 valence electrons. The number of anilines is 3. The molecule has 2 aliphatic heterocycles. The molecule has 2 amide bonds. The van der Waals surface area contributed by atoms with Gasteiger partial charge < -0.3 is 20.9 Å². The number of alkyl halides is 3. The first kappa shape index (κ1) is 21.9. The van der Waals surface area contributed by atoms with Gasteiger partial charge in [-0.2, -0.15) is 13.2 Å². The Morgan fingerprint density at radius 2 is 1.94 bits per heavy atom. The SMILES string of the molecule is CC(C)(C)N=C1Nc2ncccc2NC12CCN(C(=O)Nc1ccccc1C(F)(F)F)C2. The summed E-state index contributed by atoms with van der Waals surface area (Å²) in [6.45, 7) is 6.50. The van der Waals surface area contributed by atoms with Crippen molar-refractivity contribution in [3.05, 3.63) is 48.2 Å². The summed E-state index contributed by atoms with van der Waals surface area (Å²) in [7, 11) is 0. The molecule has 1 aromatic carbocycles. The van der Waals surface area contributed by atoms with Crippen molar-refractivity contribution in [2.24, 2.45) is 4.99 Å². The van der Waals surface area contributed by atoms with Crippen molar-refractivity contribution < 1.29 is 18.0 Å². The van der Waals surface area contributed by atoms with E-state index in [0.29, 0.717) is 24.6 Å². The van der Waals surface area contributed by atoms with E-state index in [-0.39, 0.29) is 17.8 Å². The molecule has 1 fully saturated rings. The summed E-state index contributed by atoms with van der Waals surface area (Å²) in [5.41, 5.74) is -1.44. The van der Waals surface area contributed by atoms with Gasteiger partial charge in [0.05, 0.1) is 29.0 Å². The van der Waals surface area contributed by atoms with E-state index in [1.54, 1.807) is 12.3 Å². The number of nitrogens with zero attached hydrogens (tertiary/aromatic N) is 3. The smallest absolute Gasteiger partial charge is 0.368 e. The highest BCUT2D eigenvalue weighted by Gasteiger charge is 2.48. The van der Waals surface area contributed by atoms with Crippen LogP contribution in [0.2, 0.25) is 0 Å². The molecule has 4 rings (SSSR count). The van der Waals surface area contributed by atoms with Crippen molar-refractivity contribution in [2.45, 2.75) is 44.4 Å². The first-order valence-corrected chi connectivity index (χ1v) is 10.3. The van der Waals surface area contributed by atoms with Crippen molar-refractivity contribution in [3.8, 4) is 0 Å². The van der Waals surface area contributed by atoms with Gasteiger partial charge in [0.2, 0.25) is 0 Å². The zero-order valence-corrected chi connectivity index (χ0v) is 18.0. The summed E-state index contributed by atoms with van der Waals surface area (Å²) in [6.07, 6.45) is -2.35. The number of para-hydroxylation sites is 1. The van der Waals surface area contributed by atoms with Crippen LogP contribution in [-0.2, 0) is 6.18 Å². The highest BCUT2D eigenvalue weighted by atomic mass is 19.4. The van der Waals surface area contributed by atoms with E-state index in [0.717, 1.165) is 11.8 Å². The monoisotopic (exact) mass is 446 g/mol. The van der Waals surface area contributed by atoms with Gasteiger partial charge in [-0.3, -0.25) is 4.99 Å². The number of pyridine rings is 1. The minimum atomic E-state index is -4.56. The quantitative estimate of drug-likeness (QED) is 0.587. The van der Waals surface area contributed by atoms with Gasteiger partial charge in [-0.15, -0.1) is 0 Å². The van der Waals surface area contributed by atoms with Crippen LogP contribution in [-0.4, -0.2) is 45.9 Å². The number of nitrogens with one attached hydrogen (secondary N) is 3. The maximum atomic E-state index is 13.3. The van der Waals surface area contributed by atoms with Gasteiger partial charge in [-0.05, 0) is 51.5 Å². The predicted molar refractivity (Wildman–Crippen MR) is 118 cm³/mol. The third kappa shape index (κ3) is 4.35. The van der Waals surface area contributed by atoms with Gasteiger partial charge in [-0.1, -0.05) is 12.1 Å². The van der Waals surface area contributed by atoms with E-state index < -0.39 is 23.3 Å². The molecule has 2 aliphatic rings. The summed E-state index contributed by atoms with van der Waals surface area (Å²) < 4.78 is 39.9. The van der Waals surface area contributed by atoms with Crippen LogP contribution in [0.15, 0.2) is 47.6 Å². The van der Waals surface area contributed by atoms with Crippen LogP contribution in [0.1, 0.15) is 32.8 Å². The van der Waals surface area contributed by atoms with Crippen molar-refractivity contribution >= 4 is 29.1 Å². The molecule has 10 heteroatoms. The molecule has 0 bridgehead atoms. The van der Waals surface area contributed by atoms with E-state index >= 15 is 0 Å². The molecule has 1 saturated heterocycles. The molecule has 1 spiro atoms. The lowest BCUT2D eigenvalue weighted by Crippen LogP contribution is -2.55. The Kier molecular flexibility index (Phi) is 5.26. The number of hydrogen-bond acceptors (Lipinski definition) is 4. The Balaban J connectivity index is 1.60. The molecule has 7 nitrogen and oxygen atoms in total. The maximum absolute atomic E-state index is 13.3. The predicted octanol–water partition coefficient (Wildman–Crippen LogP) is 4.81. The molecule has 3 heterocycles. The number of urea groups is 1. The van der Waals surface area contributed by atoms with Crippen molar-refractivity contribution in [2.75, 3.05) is 29.0 Å². The topological polar surface area (TPSA) is 81.7 Å². The molecule has 1 unspecified atom stereocenters. The first-order chi connectivity index (χ1) is 15.0. The molecule has 0 saturated carbocycles. The Morgan fingerprint density at radius 3 is 2.66 bits per heavy atom. The van der Waals surface area contributed by atoms with E-state index in [9.17, 15) is 18.0 Å². The summed E-state index contributed by atoms with van der Waals surface area (Å²) in [4.78, 5) is 23.6. The lowest BCUT2D eigenvalue weighted by Gasteiger charge is -2.39. The number of aromatic nitrogens is 1. The van der Waals surface area contributed by atoms with Crippen molar-refractivity contribution in [1.29, 1.82) is 0 Å². The van der Waals surface area contributed by atoms with E-state index in [2.05, 4.69) is 20.9 Å². The minimum Gasteiger partial charge on any atom is -0.368 e. The molecule has 0 radical (unpaired) electrons. The number of benzene rings is 1. The normalized spacial score (nSPS) is 21.8. The molecular formula is C22H25F3N6O. The van der Waals surface area contributed by atoms with E-state index in [1.165, 1.54) is 23.1 Å². The second-order valence-corrected chi connectivity index (χ2v) is 9.01. The highest BCUT2D eigenvalue weighted by molar-refractivity contribution is 6.09. The zero-order valence-electron chi connectivity index (χ0n) is 18.0. The van der Waals surface area contributed by atoms with Crippen LogP contribution in [0.4, 0.5) is 35.2 Å². The van der Waals surface area contributed by atoms with Gasteiger partial charge in [0, 0.05) is 12.7 Å². The average Bonchev–Trinajstić information content (AvgIpc) is 3.12. The van der Waals surface area contributed by atoms with Gasteiger partial charge in [0.15, 0.2) is 5.82 Å². The van der Waals surface area contributed by atoms with Gasteiger partial charge in [0.1, 0.15) is 11.4 Å². The average molecular weight is 446 g/mol. The second kappa shape index (κ2) is 7.68. The third-order valence-electron chi connectivity index (χ3n) is 5.35. The molecule has 2 aromatic rings. The van der Waals surface area contributed by atoms with Gasteiger partial charge in [-0.25, -0.2) is 9.78 Å². The fourth-order valence-electron chi connectivity index (χ4n) is 3.94. The summed E-state index contributed by atoms with van der Waals surface area (Å²) in [6, 6.07) is 8.05. The number of aliphatic imine (C=N–C) groups is 1. The number of amides is 2. The fourth-order valence-corrected chi connectivity index (χ4v) is 3.94. The Labute approximate surface area is 184 Å². The lowest BCUT2D eigenvalue weighted by molar-refractivity contribution is -0.136. The first-order valence-electron chi connectivity index (χ1n) is 10.3. The summed E-state index contributed by atoms with van der Waals surface area (Å²) >= 11 is 0. The van der Waals surface area contributed by atoms with Gasteiger partial charge in [0.25, 0.3) is 0 Å². The number of fused-ring (bicyclic) bond motifs is 1. The lowest BCUT2D eigenvalue weighted by atomic mass is 9.93. The maximum Gasteiger partial charge on any atom is 0.418 e. The molecule has 32 heavy (non-hydrogen) atoms. The number of rotatable bonds is 1. The standard InChI is InChI=1S/C22H25F3N6O/c1-20(2,3)30-18-21(29-16-9-6-11-26-17(16)28-18)10-12-31(13-21)19(32)27-15-8-5-4-7-14(15)22(23,24)25/h4-9,11,29H,10,12-13H2,1-3H3,(H,27,32)(H,26,28,30). The minimum absolute atomic E-state index is 0.239. The second-order valence-electron chi connectivity index (χ2n) is 9.01. The number of carbonyl (C=O) groups is 1. The molecule has 1 atom stereocenters. The van der Waals surface area contributed by atoms with Gasteiger partial charge >= 0.3 is 12.2 Å². The Bertz CT molecular complexity index is 1060. The van der Waals surface area contributed by atoms with Crippen molar-refractivity contribution in [3.63, 3.8) is 0 Å². The van der Waals surface area contributed by atoms with E-state index in [4.69, 9.17) is 4.99 Å².